The van der Waals surface area contributed by atoms with Crippen molar-refractivity contribution in [2.75, 3.05) is 0 Å². The minimum Gasteiger partial charge on any atom is -0.455 e. The lowest BCUT2D eigenvalue weighted by molar-refractivity contribution is 0.487. The predicted molar refractivity (Wildman–Crippen MR) is 83.8 cm³/mol. The van der Waals surface area contributed by atoms with Crippen LogP contribution in [0.3, 0.4) is 0 Å². The van der Waals surface area contributed by atoms with Crippen molar-refractivity contribution in [3.63, 3.8) is 0 Å². The van der Waals surface area contributed by atoms with Crippen molar-refractivity contribution >= 4 is 50.2 Å². The van der Waals surface area contributed by atoms with E-state index in [0.717, 1.165) is 9.99 Å². The Bertz CT molecular complexity index is 795. The minimum absolute atomic E-state index is 0.443. The summed E-state index contributed by atoms with van der Waals surface area (Å²) in [6.45, 7) is 0. The van der Waals surface area contributed by atoms with Crippen molar-refractivity contribution in [3.8, 4) is 11.5 Å². The Morgan fingerprint density at radius 2 is 1.85 bits per heavy atom. The zero-order chi connectivity index (χ0) is 14.1. The molecule has 0 fully saturated rings. The summed E-state index contributed by atoms with van der Waals surface area (Å²) in [6, 6.07) is 8.73. The summed E-state index contributed by atoms with van der Waals surface area (Å²) in [5.41, 5.74) is 1.43. The Morgan fingerprint density at radius 1 is 1.00 bits per heavy atom. The minimum atomic E-state index is 0.443. The van der Waals surface area contributed by atoms with Crippen LogP contribution in [0.2, 0.25) is 10.0 Å². The Hall–Kier alpha value is -1.36. The Kier molecular flexibility index (Phi) is 3.78. The number of rotatable bonds is 2. The molecular weight excluding hydrogens is 363 g/mol. The van der Waals surface area contributed by atoms with Crippen LogP contribution >= 0.6 is 39.1 Å². The largest absolute Gasteiger partial charge is 0.455 e. The van der Waals surface area contributed by atoms with E-state index in [1.165, 1.54) is 0 Å². The quantitative estimate of drug-likeness (QED) is 0.598. The molecule has 0 N–H and O–H groups in total. The van der Waals surface area contributed by atoms with Gasteiger partial charge in [-0.3, -0.25) is 4.98 Å². The van der Waals surface area contributed by atoms with E-state index < -0.39 is 0 Å². The SMILES string of the molecule is Clc1ccc(Oc2ccnc3cc(Br)cnc23)cc1Cl. The molecule has 0 aliphatic carbocycles. The number of fused-ring (bicyclic) bond motifs is 1. The van der Waals surface area contributed by atoms with Crippen LogP contribution in [-0.2, 0) is 0 Å². The van der Waals surface area contributed by atoms with Crippen molar-refractivity contribution in [2.24, 2.45) is 0 Å². The molecule has 20 heavy (non-hydrogen) atoms. The number of pyridine rings is 2. The number of halogens is 3. The molecule has 0 aliphatic heterocycles. The highest BCUT2D eigenvalue weighted by Gasteiger charge is 2.07. The third kappa shape index (κ3) is 2.73. The van der Waals surface area contributed by atoms with Crippen LogP contribution in [0.5, 0.6) is 11.5 Å². The molecule has 0 unspecified atom stereocenters. The maximum Gasteiger partial charge on any atom is 0.156 e. The third-order valence-electron chi connectivity index (χ3n) is 2.63. The van der Waals surface area contributed by atoms with Gasteiger partial charge < -0.3 is 4.74 Å². The second-order valence-electron chi connectivity index (χ2n) is 4.01. The monoisotopic (exact) mass is 368 g/mol. The molecule has 2 heterocycles. The first-order chi connectivity index (χ1) is 9.63. The van der Waals surface area contributed by atoms with Gasteiger partial charge in [-0.1, -0.05) is 23.2 Å². The van der Waals surface area contributed by atoms with Gasteiger partial charge in [-0.05, 0) is 34.1 Å². The normalized spacial score (nSPS) is 10.8. The van der Waals surface area contributed by atoms with Crippen molar-refractivity contribution in [3.05, 3.63) is 57.2 Å². The number of hydrogen-bond acceptors (Lipinski definition) is 3. The van der Waals surface area contributed by atoms with E-state index in [0.29, 0.717) is 27.1 Å². The molecule has 3 nitrogen and oxygen atoms in total. The molecule has 100 valence electrons. The van der Waals surface area contributed by atoms with Gasteiger partial charge in [0.2, 0.25) is 0 Å². The number of nitrogens with zero attached hydrogens (tertiary/aromatic N) is 2. The highest BCUT2D eigenvalue weighted by molar-refractivity contribution is 9.10. The lowest BCUT2D eigenvalue weighted by atomic mass is 10.3. The molecule has 2 aromatic heterocycles. The van der Waals surface area contributed by atoms with Crippen molar-refractivity contribution in [1.82, 2.24) is 9.97 Å². The summed E-state index contributed by atoms with van der Waals surface area (Å²) in [5.74, 6) is 1.21. The predicted octanol–water partition coefficient (Wildman–Crippen LogP) is 5.49. The molecule has 0 aliphatic rings. The van der Waals surface area contributed by atoms with Gasteiger partial charge >= 0.3 is 0 Å². The van der Waals surface area contributed by atoms with Gasteiger partial charge in [-0.15, -0.1) is 0 Å². The molecule has 0 amide bonds. The van der Waals surface area contributed by atoms with Crippen LogP contribution in [0.15, 0.2) is 47.2 Å². The Morgan fingerprint density at radius 3 is 2.65 bits per heavy atom. The van der Waals surface area contributed by atoms with E-state index >= 15 is 0 Å². The highest BCUT2D eigenvalue weighted by atomic mass is 79.9. The van der Waals surface area contributed by atoms with Gasteiger partial charge in [0.25, 0.3) is 0 Å². The van der Waals surface area contributed by atoms with Crippen LogP contribution in [0.1, 0.15) is 0 Å². The van der Waals surface area contributed by atoms with Gasteiger partial charge in [0.05, 0.1) is 15.6 Å². The maximum absolute atomic E-state index is 5.97. The zero-order valence-electron chi connectivity index (χ0n) is 9.98. The molecule has 0 saturated heterocycles. The number of hydrogen-bond donors (Lipinski definition) is 0. The van der Waals surface area contributed by atoms with Crippen LogP contribution < -0.4 is 4.74 Å². The molecule has 0 bridgehead atoms. The van der Waals surface area contributed by atoms with Crippen LogP contribution in [0.4, 0.5) is 0 Å². The van der Waals surface area contributed by atoms with Crippen molar-refractivity contribution in [1.29, 1.82) is 0 Å². The van der Waals surface area contributed by atoms with Gasteiger partial charge in [0, 0.05) is 29.0 Å². The van der Waals surface area contributed by atoms with Gasteiger partial charge in [0.15, 0.2) is 5.75 Å². The van der Waals surface area contributed by atoms with E-state index in [9.17, 15) is 0 Å². The fourth-order valence-corrected chi connectivity index (χ4v) is 2.34. The second-order valence-corrected chi connectivity index (χ2v) is 5.74. The molecule has 3 rings (SSSR count). The fraction of sp³-hybridized carbons (Fsp3) is 0. The first-order valence-electron chi connectivity index (χ1n) is 5.66. The summed E-state index contributed by atoms with van der Waals surface area (Å²) in [7, 11) is 0. The third-order valence-corrected chi connectivity index (χ3v) is 3.80. The molecule has 0 atom stereocenters. The van der Waals surface area contributed by atoms with Crippen molar-refractivity contribution in [2.45, 2.75) is 0 Å². The zero-order valence-corrected chi connectivity index (χ0v) is 13.1. The summed E-state index contributed by atoms with van der Waals surface area (Å²) >= 11 is 15.2. The van der Waals surface area contributed by atoms with Crippen molar-refractivity contribution < 1.29 is 4.74 Å². The molecule has 0 spiro atoms. The first-order valence-corrected chi connectivity index (χ1v) is 7.21. The van der Waals surface area contributed by atoms with Crippen LogP contribution in [0.25, 0.3) is 11.0 Å². The van der Waals surface area contributed by atoms with Crippen LogP contribution in [-0.4, -0.2) is 9.97 Å². The summed E-state index contributed by atoms with van der Waals surface area (Å²) < 4.78 is 6.67. The first kappa shape index (κ1) is 13.6. The van der Waals surface area contributed by atoms with Gasteiger partial charge in [-0.25, -0.2) is 4.98 Å². The molecule has 3 aromatic rings. The maximum atomic E-state index is 5.97. The van der Waals surface area contributed by atoms with E-state index in [4.69, 9.17) is 27.9 Å². The number of benzene rings is 1. The lowest BCUT2D eigenvalue weighted by Gasteiger charge is -2.08. The average molecular weight is 370 g/mol. The highest BCUT2D eigenvalue weighted by Crippen LogP contribution is 2.32. The van der Waals surface area contributed by atoms with Crippen LogP contribution in [0, 0.1) is 0 Å². The Labute approximate surface area is 133 Å². The molecule has 0 saturated carbocycles. The topological polar surface area (TPSA) is 35.0 Å². The summed E-state index contributed by atoms with van der Waals surface area (Å²) in [5, 5.41) is 0.930. The molecule has 6 heteroatoms. The lowest BCUT2D eigenvalue weighted by Crippen LogP contribution is -1.90. The molecule has 1 aromatic carbocycles. The van der Waals surface area contributed by atoms with E-state index in [-0.39, 0.29) is 0 Å². The van der Waals surface area contributed by atoms with E-state index in [2.05, 4.69) is 25.9 Å². The molecule has 0 radical (unpaired) electrons. The van der Waals surface area contributed by atoms with E-state index in [1.54, 1.807) is 36.7 Å². The van der Waals surface area contributed by atoms with Gasteiger partial charge in [-0.2, -0.15) is 0 Å². The smallest absolute Gasteiger partial charge is 0.156 e. The standard InChI is InChI=1S/C14H7BrCl2N2O/c15-8-5-12-14(19-7-8)13(3-4-18-12)20-9-1-2-10(16)11(17)6-9/h1-7H. The second kappa shape index (κ2) is 5.56. The Balaban J connectivity index is 2.04. The van der Waals surface area contributed by atoms with Gasteiger partial charge in [0.1, 0.15) is 11.3 Å². The number of ether oxygens (including phenoxy) is 1. The average Bonchev–Trinajstić information content (AvgIpc) is 2.43. The fourth-order valence-electron chi connectivity index (χ4n) is 1.73. The molecular formula is C14H7BrCl2N2O. The summed E-state index contributed by atoms with van der Waals surface area (Å²) in [4.78, 5) is 8.58. The van der Waals surface area contributed by atoms with E-state index in [1.807, 2.05) is 6.07 Å². The summed E-state index contributed by atoms with van der Waals surface area (Å²) in [6.07, 6.45) is 3.37. The number of aromatic nitrogens is 2.